The Labute approximate surface area is 89.1 Å². The average molecular weight is 212 g/mol. The first-order valence-corrected chi connectivity index (χ1v) is 4.68. The Morgan fingerprint density at radius 1 is 1.07 bits per heavy atom. The lowest BCUT2D eigenvalue weighted by molar-refractivity contribution is 0.0304. The first kappa shape index (κ1) is 11.8. The Bertz CT molecular complexity index is 322. The highest BCUT2D eigenvalue weighted by atomic mass is 16.5. The molecular formula is C11H16O4. The third-order valence-corrected chi connectivity index (χ3v) is 2.21. The minimum absolute atomic E-state index is 0.537. The Morgan fingerprint density at radius 3 is 2.13 bits per heavy atom. The van der Waals surface area contributed by atoms with E-state index in [0.717, 1.165) is 0 Å². The molecule has 2 N–H and O–H groups in total. The molecule has 1 aromatic rings. The molecule has 4 heteroatoms. The highest BCUT2D eigenvalue weighted by molar-refractivity contribution is 5.43. The van der Waals surface area contributed by atoms with Gasteiger partial charge >= 0.3 is 0 Å². The molecule has 0 saturated carbocycles. The van der Waals surface area contributed by atoms with Gasteiger partial charge in [0, 0.05) is 0 Å². The van der Waals surface area contributed by atoms with Crippen molar-refractivity contribution in [2.45, 2.75) is 19.1 Å². The fraction of sp³-hybridized carbons (Fsp3) is 0.455. The molecule has 0 saturated heterocycles. The Morgan fingerprint density at radius 2 is 1.67 bits per heavy atom. The van der Waals surface area contributed by atoms with E-state index in [-0.39, 0.29) is 0 Å². The Kier molecular flexibility index (Phi) is 3.94. The molecule has 0 fully saturated rings. The summed E-state index contributed by atoms with van der Waals surface area (Å²) in [6.07, 6.45) is -1.73. The van der Waals surface area contributed by atoms with Crippen molar-refractivity contribution in [3.63, 3.8) is 0 Å². The predicted octanol–water partition coefficient (Wildman–Crippen LogP) is 1.12. The maximum Gasteiger partial charge on any atom is 0.161 e. The van der Waals surface area contributed by atoms with E-state index in [2.05, 4.69) is 0 Å². The van der Waals surface area contributed by atoms with Crippen molar-refractivity contribution in [2.75, 3.05) is 14.2 Å². The van der Waals surface area contributed by atoms with Crippen LogP contribution >= 0.6 is 0 Å². The normalized spacial score (nSPS) is 14.5. The second-order valence-corrected chi connectivity index (χ2v) is 3.30. The molecule has 0 heterocycles. The van der Waals surface area contributed by atoms with Gasteiger partial charge in [-0.3, -0.25) is 0 Å². The van der Waals surface area contributed by atoms with Crippen LogP contribution in [-0.2, 0) is 0 Å². The second kappa shape index (κ2) is 5.00. The van der Waals surface area contributed by atoms with Crippen molar-refractivity contribution in [2.24, 2.45) is 0 Å². The van der Waals surface area contributed by atoms with Crippen LogP contribution in [0.1, 0.15) is 18.6 Å². The number of aliphatic hydroxyl groups is 2. The van der Waals surface area contributed by atoms with Gasteiger partial charge < -0.3 is 19.7 Å². The van der Waals surface area contributed by atoms with E-state index in [1.807, 2.05) is 0 Å². The number of hydrogen-bond donors (Lipinski definition) is 2. The van der Waals surface area contributed by atoms with Crippen LogP contribution in [0.2, 0.25) is 0 Å². The van der Waals surface area contributed by atoms with Gasteiger partial charge in [-0.1, -0.05) is 6.07 Å². The van der Waals surface area contributed by atoms with Crippen LogP contribution < -0.4 is 9.47 Å². The minimum atomic E-state index is -0.912. The molecule has 0 bridgehead atoms. The van der Waals surface area contributed by atoms with Gasteiger partial charge in [-0.25, -0.2) is 0 Å². The summed E-state index contributed by atoms with van der Waals surface area (Å²) in [5.74, 6) is 1.13. The Balaban J connectivity index is 3.02. The van der Waals surface area contributed by atoms with E-state index in [1.165, 1.54) is 14.0 Å². The smallest absolute Gasteiger partial charge is 0.161 e. The van der Waals surface area contributed by atoms with Crippen LogP contribution in [0.25, 0.3) is 0 Å². The molecule has 84 valence electrons. The highest BCUT2D eigenvalue weighted by Crippen LogP contribution is 2.30. The molecule has 15 heavy (non-hydrogen) atoms. The third kappa shape index (κ3) is 2.61. The fourth-order valence-electron chi connectivity index (χ4n) is 1.32. The molecule has 0 aliphatic heterocycles. The molecule has 1 rings (SSSR count). The summed E-state index contributed by atoms with van der Waals surface area (Å²) in [6.45, 7) is 1.53. The standard InChI is InChI=1S/C11H16O4/c1-7(12)11(13)8-4-5-9(14-2)10(6-8)15-3/h4-7,11-13H,1-3H3/t7-,11-/m0/s1. The molecule has 0 unspecified atom stereocenters. The molecular weight excluding hydrogens is 196 g/mol. The van der Waals surface area contributed by atoms with Gasteiger partial charge in [0.2, 0.25) is 0 Å². The van der Waals surface area contributed by atoms with Gasteiger partial charge in [0.15, 0.2) is 11.5 Å². The van der Waals surface area contributed by atoms with Crippen molar-refractivity contribution in [3.05, 3.63) is 23.8 Å². The predicted molar refractivity (Wildman–Crippen MR) is 56.2 cm³/mol. The average Bonchev–Trinajstić information content (AvgIpc) is 2.26. The van der Waals surface area contributed by atoms with Crippen LogP contribution in [0.5, 0.6) is 11.5 Å². The SMILES string of the molecule is COc1ccc([C@@H](O)[C@H](C)O)cc1OC. The van der Waals surface area contributed by atoms with Crippen molar-refractivity contribution >= 4 is 0 Å². The van der Waals surface area contributed by atoms with Crippen LogP contribution in [0.4, 0.5) is 0 Å². The summed E-state index contributed by atoms with van der Waals surface area (Å²) in [7, 11) is 3.07. The van der Waals surface area contributed by atoms with Gasteiger partial charge in [0.1, 0.15) is 6.10 Å². The summed E-state index contributed by atoms with van der Waals surface area (Å²) in [5, 5.41) is 18.9. The largest absolute Gasteiger partial charge is 0.493 e. The van der Waals surface area contributed by atoms with Crippen molar-refractivity contribution in [3.8, 4) is 11.5 Å². The van der Waals surface area contributed by atoms with Crippen molar-refractivity contribution < 1.29 is 19.7 Å². The molecule has 4 nitrogen and oxygen atoms in total. The molecule has 0 radical (unpaired) electrons. The number of hydrogen-bond acceptors (Lipinski definition) is 4. The van der Waals surface area contributed by atoms with Crippen molar-refractivity contribution in [1.82, 2.24) is 0 Å². The summed E-state index contributed by atoms with van der Waals surface area (Å²) < 4.78 is 10.2. The van der Waals surface area contributed by atoms with Crippen LogP contribution in [0.15, 0.2) is 18.2 Å². The van der Waals surface area contributed by atoms with E-state index < -0.39 is 12.2 Å². The number of methoxy groups -OCH3 is 2. The quantitative estimate of drug-likeness (QED) is 0.785. The van der Waals surface area contributed by atoms with E-state index in [1.54, 1.807) is 25.3 Å². The number of ether oxygens (including phenoxy) is 2. The number of benzene rings is 1. The van der Waals surface area contributed by atoms with Gasteiger partial charge in [-0.05, 0) is 24.6 Å². The van der Waals surface area contributed by atoms with Gasteiger partial charge in [0.25, 0.3) is 0 Å². The van der Waals surface area contributed by atoms with Crippen molar-refractivity contribution in [1.29, 1.82) is 0 Å². The van der Waals surface area contributed by atoms with E-state index in [9.17, 15) is 10.2 Å². The minimum Gasteiger partial charge on any atom is -0.493 e. The summed E-state index contributed by atoms with van der Waals surface area (Å²) in [5.41, 5.74) is 0.600. The van der Waals surface area contributed by atoms with Crippen LogP contribution in [0.3, 0.4) is 0 Å². The van der Waals surface area contributed by atoms with Gasteiger partial charge in [-0.2, -0.15) is 0 Å². The van der Waals surface area contributed by atoms with Gasteiger partial charge in [-0.15, -0.1) is 0 Å². The monoisotopic (exact) mass is 212 g/mol. The van der Waals surface area contributed by atoms with Crippen LogP contribution in [-0.4, -0.2) is 30.5 Å². The molecule has 0 aliphatic carbocycles. The topological polar surface area (TPSA) is 58.9 Å². The van der Waals surface area contributed by atoms with E-state index in [0.29, 0.717) is 17.1 Å². The first-order chi connectivity index (χ1) is 7.10. The Hall–Kier alpha value is -1.26. The lowest BCUT2D eigenvalue weighted by atomic mass is 10.1. The number of rotatable bonds is 4. The zero-order valence-electron chi connectivity index (χ0n) is 9.10. The highest BCUT2D eigenvalue weighted by Gasteiger charge is 2.15. The fourth-order valence-corrected chi connectivity index (χ4v) is 1.32. The molecule has 0 aliphatic rings. The second-order valence-electron chi connectivity index (χ2n) is 3.30. The molecule has 0 amide bonds. The molecule has 0 spiro atoms. The first-order valence-electron chi connectivity index (χ1n) is 4.68. The molecule has 1 aromatic carbocycles. The lowest BCUT2D eigenvalue weighted by Crippen LogP contribution is -2.13. The summed E-state index contributed by atoms with van der Waals surface area (Å²) in [6, 6.07) is 5.04. The molecule has 2 atom stereocenters. The van der Waals surface area contributed by atoms with Gasteiger partial charge in [0.05, 0.1) is 20.3 Å². The summed E-state index contributed by atoms with van der Waals surface area (Å²) >= 11 is 0. The number of aliphatic hydroxyl groups excluding tert-OH is 2. The van der Waals surface area contributed by atoms with Crippen LogP contribution in [0, 0.1) is 0 Å². The maximum atomic E-state index is 9.63. The van der Waals surface area contributed by atoms with E-state index in [4.69, 9.17) is 9.47 Å². The zero-order chi connectivity index (χ0) is 11.4. The zero-order valence-corrected chi connectivity index (χ0v) is 9.10. The third-order valence-electron chi connectivity index (χ3n) is 2.21. The van der Waals surface area contributed by atoms with E-state index >= 15 is 0 Å². The maximum absolute atomic E-state index is 9.63. The lowest BCUT2D eigenvalue weighted by Gasteiger charge is -2.16. The summed E-state index contributed by atoms with van der Waals surface area (Å²) in [4.78, 5) is 0. The molecule has 0 aromatic heterocycles.